The standard InChI is InChI=1S/C24H28FN5O2/c1-28(2)23(32)29-14-18-10-24(11-19(18)15-29,9-17-6-4-3-5-7-17)27-13-22(31)30-16-20(25)8-21(30)12-26/h3-8,16,18-19,27H,9-11,13-15H2,1-2H3. The lowest BCUT2D eigenvalue weighted by Gasteiger charge is -2.33. The fourth-order valence-corrected chi connectivity index (χ4v) is 5.34. The Morgan fingerprint density at radius 2 is 1.88 bits per heavy atom. The van der Waals surface area contributed by atoms with Crippen LogP contribution in [-0.4, -0.2) is 65.6 Å². The molecule has 2 unspecified atom stereocenters. The maximum absolute atomic E-state index is 13.6. The van der Waals surface area contributed by atoms with E-state index in [1.54, 1.807) is 19.0 Å². The fraction of sp³-hybridized carbons (Fsp3) is 0.458. The molecule has 0 radical (unpaired) electrons. The van der Waals surface area contributed by atoms with Crippen molar-refractivity contribution in [1.29, 1.82) is 5.26 Å². The number of halogens is 1. The molecule has 0 bridgehead atoms. The lowest BCUT2D eigenvalue weighted by molar-refractivity contribution is 0.0893. The Morgan fingerprint density at radius 3 is 2.47 bits per heavy atom. The number of benzene rings is 1. The topological polar surface area (TPSA) is 81.4 Å². The second-order valence-electron chi connectivity index (χ2n) is 9.23. The van der Waals surface area contributed by atoms with Crippen LogP contribution in [0.25, 0.3) is 0 Å². The van der Waals surface area contributed by atoms with Crippen LogP contribution < -0.4 is 5.32 Å². The van der Waals surface area contributed by atoms with Gasteiger partial charge in [-0.3, -0.25) is 9.36 Å². The minimum atomic E-state index is -0.602. The van der Waals surface area contributed by atoms with E-state index in [0.717, 1.165) is 49.2 Å². The molecule has 4 rings (SSSR count). The second-order valence-corrected chi connectivity index (χ2v) is 9.23. The van der Waals surface area contributed by atoms with Gasteiger partial charge in [0, 0.05) is 45.0 Å². The normalized spacial score (nSPS) is 24.2. The first-order chi connectivity index (χ1) is 15.3. The largest absolute Gasteiger partial charge is 0.331 e. The Morgan fingerprint density at radius 1 is 1.22 bits per heavy atom. The molecule has 2 aromatic rings. The monoisotopic (exact) mass is 437 g/mol. The summed E-state index contributed by atoms with van der Waals surface area (Å²) in [5.74, 6) is -0.234. The molecule has 2 heterocycles. The lowest BCUT2D eigenvalue weighted by Crippen LogP contribution is -2.49. The Balaban J connectivity index is 1.50. The molecule has 2 aliphatic rings. The smallest absolute Gasteiger partial charge is 0.319 e. The number of urea groups is 1. The molecule has 1 aromatic heterocycles. The van der Waals surface area contributed by atoms with Gasteiger partial charge in [0.15, 0.2) is 0 Å². The number of fused-ring (bicyclic) bond motifs is 1. The van der Waals surface area contributed by atoms with E-state index in [0.29, 0.717) is 11.8 Å². The molecule has 1 aromatic carbocycles. The van der Waals surface area contributed by atoms with Crippen molar-refractivity contribution in [2.75, 3.05) is 33.7 Å². The first kappa shape index (κ1) is 22.0. The molecular weight excluding hydrogens is 409 g/mol. The van der Waals surface area contributed by atoms with Crippen molar-refractivity contribution in [3.63, 3.8) is 0 Å². The van der Waals surface area contributed by atoms with Crippen LogP contribution in [0.1, 0.15) is 28.9 Å². The van der Waals surface area contributed by atoms with Crippen molar-refractivity contribution in [3.05, 3.63) is 59.7 Å². The van der Waals surface area contributed by atoms with Crippen molar-refractivity contribution in [3.8, 4) is 6.07 Å². The van der Waals surface area contributed by atoms with Crippen LogP contribution in [-0.2, 0) is 6.42 Å². The van der Waals surface area contributed by atoms with Crippen molar-refractivity contribution < 1.29 is 14.0 Å². The summed E-state index contributed by atoms with van der Waals surface area (Å²) >= 11 is 0. The number of rotatable bonds is 5. The molecule has 2 fully saturated rings. The van der Waals surface area contributed by atoms with Crippen LogP contribution in [0.5, 0.6) is 0 Å². The van der Waals surface area contributed by atoms with Gasteiger partial charge in [-0.05, 0) is 36.7 Å². The Hall–Kier alpha value is -3.18. The molecule has 0 spiro atoms. The highest BCUT2D eigenvalue weighted by Crippen LogP contribution is 2.45. The van der Waals surface area contributed by atoms with Gasteiger partial charge in [0.2, 0.25) is 5.91 Å². The summed E-state index contributed by atoms with van der Waals surface area (Å²) in [7, 11) is 3.53. The highest BCUT2D eigenvalue weighted by atomic mass is 19.1. The third-order valence-corrected chi connectivity index (χ3v) is 6.71. The van der Waals surface area contributed by atoms with E-state index in [2.05, 4.69) is 17.4 Å². The molecule has 1 aliphatic carbocycles. The van der Waals surface area contributed by atoms with Gasteiger partial charge in [-0.1, -0.05) is 30.3 Å². The quantitative estimate of drug-likeness (QED) is 0.780. The second kappa shape index (κ2) is 8.75. The van der Waals surface area contributed by atoms with Crippen LogP contribution >= 0.6 is 0 Å². The predicted molar refractivity (Wildman–Crippen MR) is 117 cm³/mol. The molecule has 2 atom stereocenters. The van der Waals surface area contributed by atoms with Crippen molar-refractivity contribution in [2.45, 2.75) is 24.8 Å². The molecule has 168 valence electrons. The summed E-state index contributed by atoms with van der Waals surface area (Å²) in [6.45, 7) is 1.44. The van der Waals surface area contributed by atoms with Gasteiger partial charge >= 0.3 is 6.03 Å². The van der Waals surface area contributed by atoms with Gasteiger partial charge in [-0.2, -0.15) is 5.26 Å². The van der Waals surface area contributed by atoms with E-state index in [1.165, 1.54) is 5.56 Å². The van der Waals surface area contributed by atoms with Crippen LogP contribution in [0.2, 0.25) is 0 Å². The zero-order chi connectivity index (χ0) is 22.9. The van der Waals surface area contributed by atoms with E-state index >= 15 is 0 Å². The maximum atomic E-state index is 13.6. The summed E-state index contributed by atoms with van der Waals surface area (Å²) in [5, 5.41) is 12.7. The molecule has 1 N–H and O–H groups in total. The molecular formula is C24H28FN5O2. The summed E-state index contributed by atoms with van der Waals surface area (Å²) < 4.78 is 14.6. The van der Waals surface area contributed by atoms with Crippen LogP contribution in [0, 0.1) is 29.0 Å². The van der Waals surface area contributed by atoms with Crippen LogP contribution in [0.3, 0.4) is 0 Å². The Labute approximate surface area is 187 Å². The minimum absolute atomic E-state index is 0.00691. The number of nitrogens with one attached hydrogen (secondary N) is 1. The number of aromatic nitrogens is 1. The van der Waals surface area contributed by atoms with Gasteiger partial charge in [0.05, 0.1) is 6.54 Å². The summed E-state index contributed by atoms with van der Waals surface area (Å²) in [6.07, 6.45) is 3.52. The molecule has 1 aliphatic heterocycles. The molecule has 32 heavy (non-hydrogen) atoms. The average molecular weight is 438 g/mol. The maximum Gasteiger partial charge on any atom is 0.319 e. The third-order valence-electron chi connectivity index (χ3n) is 6.71. The summed E-state index contributed by atoms with van der Waals surface area (Å²) in [6, 6.07) is 13.1. The predicted octanol–water partition coefficient (Wildman–Crippen LogP) is 2.73. The molecule has 1 saturated carbocycles. The zero-order valence-corrected chi connectivity index (χ0v) is 18.4. The number of amides is 2. The average Bonchev–Trinajstić information content (AvgIpc) is 3.43. The van der Waals surface area contributed by atoms with Crippen LogP contribution in [0.15, 0.2) is 42.6 Å². The van der Waals surface area contributed by atoms with Gasteiger partial charge in [-0.15, -0.1) is 0 Å². The number of hydrogen-bond acceptors (Lipinski definition) is 4. The van der Waals surface area contributed by atoms with E-state index in [-0.39, 0.29) is 29.7 Å². The SMILES string of the molecule is CN(C)C(=O)N1CC2CC(Cc3ccccc3)(NCC(=O)n3cc(F)cc3C#N)CC2C1. The first-order valence-corrected chi connectivity index (χ1v) is 10.9. The highest BCUT2D eigenvalue weighted by Gasteiger charge is 2.50. The number of likely N-dealkylation sites (tertiary alicyclic amines) is 1. The molecule has 8 heteroatoms. The van der Waals surface area contributed by atoms with E-state index in [4.69, 9.17) is 0 Å². The van der Waals surface area contributed by atoms with Crippen molar-refractivity contribution in [1.82, 2.24) is 19.7 Å². The van der Waals surface area contributed by atoms with E-state index in [1.807, 2.05) is 29.2 Å². The number of nitriles is 1. The van der Waals surface area contributed by atoms with Gasteiger partial charge in [0.1, 0.15) is 17.6 Å². The van der Waals surface area contributed by atoms with E-state index in [9.17, 15) is 19.2 Å². The summed E-state index contributed by atoms with van der Waals surface area (Å²) in [5.41, 5.74) is 0.879. The number of carbonyl (C=O) groups is 2. The fourth-order valence-electron chi connectivity index (χ4n) is 5.34. The van der Waals surface area contributed by atoms with Crippen LogP contribution in [0.4, 0.5) is 9.18 Å². The highest BCUT2D eigenvalue weighted by molar-refractivity contribution is 5.82. The van der Waals surface area contributed by atoms with Crippen molar-refractivity contribution in [2.24, 2.45) is 11.8 Å². The molecule has 2 amide bonds. The van der Waals surface area contributed by atoms with Crippen molar-refractivity contribution >= 4 is 11.9 Å². The third kappa shape index (κ3) is 4.39. The Bertz CT molecular complexity index is 1030. The first-order valence-electron chi connectivity index (χ1n) is 10.9. The van der Waals surface area contributed by atoms with Gasteiger partial charge in [-0.25, -0.2) is 9.18 Å². The molecule has 1 saturated heterocycles. The zero-order valence-electron chi connectivity index (χ0n) is 18.4. The van der Waals surface area contributed by atoms with Gasteiger partial charge < -0.3 is 15.1 Å². The number of carbonyl (C=O) groups excluding carboxylic acids is 2. The summed E-state index contributed by atoms with van der Waals surface area (Å²) in [4.78, 5) is 28.7. The molecule has 7 nitrogen and oxygen atoms in total. The number of nitrogens with zero attached hydrogens (tertiary/aromatic N) is 4. The van der Waals surface area contributed by atoms with Gasteiger partial charge in [0.25, 0.3) is 0 Å². The Kier molecular flexibility index (Phi) is 6.02. The van der Waals surface area contributed by atoms with E-state index < -0.39 is 5.82 Å². The minimum Gasteiger partial charge on any atom is -0.331 e. The number of hydrogen-bond donors (Lipinski definition) is 1. The lowest BCUT2D eigenvalue weighted by atomic mass is 9.87.